The van der Waals surface area contributed by atoms with Gasteiger partial charge in [0.1, 0.15) is 17.3 Å². The van der Waals surface area contributed by atoms with Gasteiger partial charge in [0, 0.05) is 6.54 Å². The van der Waals surface area contributed by atoms with Crippen molar-refractivity contribution in [2.75, 3.05) is 17.2 Å². The summed E-state index contributed by atoms with van der Waals surface area (Å²) in [7, 11) is 0. The van der Waals surface area contributed by atoms with Crippen LogP contribution in [0.3, 0.4) is 0 Å². The maximum Gasteiger partial charge on any atom is 0.340 e. The zero-order valence-electron chi connectivity index (χ0n) is 15.7. The van der Waals surface area contributed by atoms with E-state index in [1.807, 2.05) is 0 Å². The standard InChI is InChI=1S/C21H19FN4O3/c1-2-29-21(28)16-5-3-4-6-17(16)26-20(27)18-12-25-19(13-23-18)24-11-14-7-9-15(22)10-8-14/h3-10,12-13H,2,11H2,1H3,(H,24,25)(H,26,27). The van der Waals surface area contributed by atoms with Gasteiger partial charge in [-0.15, -0.1) is 0 Å². The van der Waals surface area contributed by atoms with E-state index >= 15 is 0 Å². The second-order valence-electron chi connectivity index (χ2n) is 5.99. The number of ether oxygens (including phenoxy) is 1. The first-order valence-corrected chi connectivity index (χ1v) is 8.94. The van der Waals surface area contributed by atoms with E-state index < -0.39 is 11.9 Å². The Morgan fingerprint density at radius 2 is 1.79 bits per heavy atom. The molecule has 0 bridgehead atoms. The van der Waals surface area contributed by atoms with Crippen LogP contribution in [0.5, 0.6) is 0 Å². The quantitative estimate of drug-likeness (QED) is 0.594. The molecule has 3 aromatic rings. The number of carbonyl (C=O) groups excluding carboxylic acids is 2. The van der Waals surface area contributed by atoms with E-state index in [2.05, 4.69) is 20.6 Å². The molecule has 0 unspecified atom stereocenters. The zero-order chi connectivity index (χ0) is 20.6. The Morgan fingerprint density at radius 3 is 2.48 bits per heavy atom. The molecule has 2 aromatic carbocycles. The number of hydrogen-bond acceptors (Lipinski definition) is 6. The van der Waals surface area contributed by atoms with Crippen LogP contribution in [0.15, 0.2) is 60.9 Å². The number of aromatic nitrogens is 2. The second-order valence-corrected chi connectivity index (χ2v) is 5.99. The van der Waals surface area contributed by atoms with Crippen LogP contribution in [0, 0.1) is 5.82 Å². The van der Waals surface area contributed by atoms with E-state index in [9.17, 15) is 14.0 Å². The molecule has 0 saturated heterocycles. The number of nitrogens with one attached hydrogen (secondary N) is 2. The Morgan fingerprint density at radius 1 is 1.03 bits per heavy atom. The third kappa shape index (κ3) is 5.35. The molecule has 1 amide bonds. The number of carbonyl (C=O) groups is 2. The van der Waals surface area contributed by atoms with Gasteiger partial charge < -0.3 is 15.4 Å². The molecule has 0 saturated carbocycles. The molecule has 0 radical (unpaired) electrons. The van der Waals surface area contributed by atoms with Gasteiger partial charge in [-0.25, -0.2) is 19.2 Å². The topological polar surface area (TPSA) is 93.2 Å². The monoisotopic (exact) mass is 394 g/mol. The van der Waals surface area contributed by atoms with Gasteiger partial charge in [0.15, 0.2) is 0 Å². The van der Waals surface area contributed by atoms with Crippen LogP contribution in [-0.4, -0.2) is 28.5 Å². The van der Waals surface area contributed by atoms with Gasteiger partial charge in [-0.05, 0) is 36.8 Å². The average molecular weight is 394 g/mol. The summed E-state index contributed by atoms with van der Waals surface area (Å²) in [4.78, 5) is 32.7. The Kier molecular flexibility index (Phi) is 6.47. The minimum Gasteiger partial charge on any atom is -0.462 e. The number of anilines is 2. The van der Waals surface area contributed by atoms with Crippen molar-refractivity contribution >= 4 is 23.4 Å². The summed E-state index contributed by atoms with van der Waals surface area (Å²) in [6.07, 6.45) is 2.75. The lowest BCUT2D eigenvalue weighted by Gasteiger charge is -2.10. The summed E-state index contributed by atoms with van der Waals surface area (Å²) < 4.78 is 17.9. The maximum atomic E-state index is 12.9. The van der Waals surface area contributed by atoms with Crippen molar-refractivity contribution in [2.45, 2.75) is 13.5 Å². The van der Waals surface area contributed by atoms with Crippen molar-refractivity contribution in [3.63, 3.8) is 0 Å². The van der Waals surface area contributed by atoms with E-state index in [1.54, 1.807) is 43.3 Å². The highest BCUT2D eigenvalue weighted by atomic mass is 19.1. The molecule has 7 nitrogen and oxygen atoms in total. The maximum absolute atomic E-state index is 12.9. The van der Waals surface area contributed by atoms with Crippen LogP contribution < -0.4 is 10.6 Å². The van der Waals surface area contributed by atoms with Crippen molar-refractivity contribution < 1.29 is 18.7 Å². The van der Waals surface area contributed by atoms with Crippen LogP contribution >= 0.6 is 0 Å². The van der Waals surface area contributed by atoms with Crippen LogP contribution in [0.25, 0.3) is 0 Å². The lowest BCUT2D eigenvalue weighted by atomic mass is 10.1. The fraction of sp³-hybridized carbons (Fsp3) is 0.143. The average Bonchev–Trinajstić information content (AvgIpc) is 2.74. The van der Waals surface area contributed by atoms with E-state index in [-0.39, 0.29) is 23.7 Å². The van der Waals surface area contributed by atoms with Crippen molar-refractivity contribution in [1.82, 2.24) is 9.97 Å². The molecule has 29 heavy (non-hydrogen) atoms. The third-order valence-electron chi connectivity index (χ3n) is 3.94. The lowest BCUT2D eigenvalue weighted by Crippen LogP contribution is -2.17. The van der Waals surface area contributed by atoms with E-state index in [1.165, 1.54) is 24.5 Å². The summed E-state index contributed by atoms with van der Waals surface area (Å²) in [5.41, 5.74) is 1.56. The van der Waals surface area contributed by atoms with Crippen molar-refractivity contribution in [2.24, 2.45) is 0 Å². The fourth-order valence-corrected chi connectivity index (χ4v) is 2.50. The highest BCUT2D eigenvalue weighted by Gasteiger charge is 2.15. The number of halogens is 1. The minimum atomic E-state index is -0.519. The third-order valence-corrected chi connectivity index (χ3v) is 3.94. The zero-order valence-corrected chi connectivity index (χ0v) is 15.7. The normalized spacial score (nSPS) is 10.3. The molecule has 8 heteroatoms. The molecule has 1 aromatic heterocycles. The number of benzene rings is 2. The molecule has 0 spiro atoms. The van der Waals surface area contributed by atoms with Gasteiger partial charge in [0.05, 0.1) is 30.3 Å². The molecular formula is C21H19FN4O3. The van der Waals surface area contributed by atoms with Gasteiger partial charge in [-0.3, -0.25) is 4.79 Å². The number of para-hydroxylation sites is 1. The summed E-state index contributed by atoms with van der Waals surface area (Å²) in [5, 5.41) is 5.70. The number of amides is 1. The first-order valence-electron chi connectivity index (χ1n) is 8.94. The van der Waals surface area contributed by atoms with Crippen LogP contribution in [0.4, 0.5) is 15.9 Å². The van der Waals surface area contributed by atoms with Crippen LogP contribution in [-0.2, 0) is 11.3 Å². The first-order chi connectivity index (χ1) is 14.1. The predicted octanol–water partition coefficient (Wildman–Crippen LogP) is 3.66. The van der Waals surface area contributed by atoms with Crippen LogP contribution in [0.2, 0.25) is 0 Å². The van der Waals surface area contributed by atoms with Gasteiger partial charge in [-0.1, -0.05) is 24.3 Å². The fourth-order valence-electron chi connectivity index (χ4n) is 2.50. The summed E-state index contributed by atoms with van der Waals surface area (Å²) in [6.45, 7) is 2.38. The summed E-state index contributed by atoms with van der Waals surface area (Å²) >= 11 is 0. The Balaban J connectivity index is 1.63. The van der Waals surface area contributed by atoms with Gasteiger partial charge in [0.2, 0.25) is 0 Å². The largest absolute Gasteiger partial charge is 0.462 e. The number of esters is 1. The lowest BCUT2D eigenvalue weighted by molar-refractivity contribution is 0.0527. The molecule has 148 valence electrons. The molecule has 0 aliphatic carbocycles. The second kappa shape index (κ2) is 9.41. The molecule has 3 rings (SSSR count). The van der Waals surface area contributed by atoms with Crippen LogP contribution in [0.1, 0.15) is 33.3 Å². The summed E-state index contributed by atoms with van der Waals surface area (Å²) in [6, 6.07) is 12.7. The molecule has 0 aliphatic rings. The van der Waals surface area contributed by atoms with Gasteiger partial charge in [0.25, 0.3) is 5.91 Å². The molecule has 0 aliphatic heterocycles. The highest BCUT2D eigenvalue weighted by molar-refractivity contribution is 6.06. The Bertz CT molecular complexity index is 992. The van der Waals surface area contributed by atoms with Crippen molar-refractivity contribution in [3.8, 4) is 0 Å². The molecule has 2 N–H and O–H groups in total. The smallest absolute Gasteiger partial charge is 0.340 e. The molecular weight excluding hydrogens is 375 g/mol. The Hall–Kier alpha value is -3.81. The number of rotatable bonds is 7. The highest BCUT2D eigenvalue weighted by Crippen LogP contribution is 2.17. The Labute approximate surface area is 167 Å². The minimum absolute atomic E-state index is 0.0935. The first kappa shape index (κ1) is 19.9. The molecule has 0 atom stereocenters. The predicted molar refractivity (Wildman–Crippen MR) is 106 cm³/mol. The van der Waals surface area contributed by atoms with Gasteiger partial charge >= 0.3 is 5.97 Å². The summed E-state index contributed by atoms with van der Waals surface area (Å²) in [5.74, 6) is -0.847. The number of nitrogens with zero attached hydrogens (tertiary/aromatic N) is 2. The van der Waals surface area contributed by atoms with Crippen molar-refractivity contribution in [3.05, 3.63) is 83.6 Å². The molecule has 1 heterocycles. The molecule has 0 fully saturated rings. The van der Waals surface area contributed by atoms with E-state index in [4.69, 9.17) is 4.74 Å². The van der Waals surface area contributed by atoms with Crippen molar-refractivity contribution in [1.29, 1.82) is 0 Å². The van der Waals surface area contributed by atoms with E-state index in [0.29, 0.717) is 18.1 Å². The van der Waals surface area contributed by atoms with E-state index in [0.717, 1.165) is 5.56 Å². The SMILES string of the molecule is CCOC(=O)c1ccccc1NC(=O)c1cnc(NCc2ccc(F)cc2)cn1. The van der Waals surface area contributed by atoms with Gasteiger partial charge in [-0.2, -0.15) is 0 Å². The number of hydrogen-bond donors (Lipinski definition) is 2.